The van der Waals surface area contributed by atoms with Gasteiger partial charge in [0.2, 0.25) is 5.91 Å². The number of nitrogens with zero attached hydrogens (tertiary/aromatic N) is 3. The maximum Gasteiger partial charge on any atom is 0.227 e. The van der Waals surface area contributed by atoms with E-state index in [1.54, 1.807) is 0 Å². The quantitative estimate of drug-likeness (QED) is 0.790. The van der Waals surface area contributed by atoms with E-state index < -0.39 is 0 Å². The van der Waals surface area contributed by atoms with E-state index in [1.165, 1.54) is 6.42 Å². The molecule has 4 nitrogen and oxygen atoms in total. The summed E-state index contributed by atoms with van der Waals surface area (Å²) in [5.74, 6) is 0.258. The molecule has 0 unspecified atom stereocenters. The predicted octanol–water partition coefficient (Wildman–Crippen LogP) is 1.32. The standard InChI is InChI=1S/C17H27N3O/c1-18(2)9-6-10-19-11-13-20(14-12-19)17(21)15-16-7-4-3-5-8-16/h3-5,7-8H,6,9-15H2,1-2H3. The summed E-state index contributed by atoms with van der Waals surface area (Å²) in [4.78, 5) is 19.0. The Morgan fingerprint density at radius 1 is 1.10 bits per heavy atom. The van der Waals surface area contributed by atoms with E-state index in [0.29, 0.717) is 6.42 Å². The number of benzene rings is 1. The highest BCUT2D eigenvalue weighted by atomic mass is 16.2. The summed E-state index contributed by atoms with van der Waals surface area (Å²) in [5.41, 5.74) is 1.11. The van der Waals surface area contributed by atoms with Gasteiger partial charge >= 0.3 is 0 Å². The van der Waals surface area contributed by atoms with Crippen molar-refractivity contribution in [2.45, 2.75) is 12.8 Å². The van der Waals surface area contributed by atoms with Crippen molar-refractivity contribution >= 4 is 5.91 Å². The fraction of sp³-hybridized carbons (Fsp3) is 0.588. The molecule has 1 aromatic rings. The molecule has 1 fully saturated rings. The average molecular weight is 289 g/mol. The molecule has 21 heavy (non-hydrogen) atoms. The van der Waals surface area contributed by atoms with E-state index in [9.17, 15) is 4.79 Å². The highest BCUT2D eigenvalue weighted by molar-refractivity contribution is 5.78. The molecular formula is C17H27N3O. The average Bonchev–Trinajstić information content (AvgIpc) is 2.48. The molecule has 0 saturated carbocycles. The van der Waals surface area contributed by atoms with Gasteiger partial charge < -0.3 is 9.80 Å². The number of hydrogen-bond donors (Lipinski definition) is 0. The van der Waals surface area contributed by atoms with Crippen molar-refractivity contribution < 1.29 is 4.79 Å². The van der Waals surface area contributed by atoms with Gasteiger partial charge in [0.1, 0.15) is 0 Å². The van der Waals surface area contributed by atoms with Crippen molar-refractivity contribution in [2.24, 2.45) is 0 Å². The molecule has 0 atom stereocenters. The smallest absolute Gasteiger partial charge is 0.227 e. The van der Waals surface area contributed by atoms with Crippen molar-refractivity contribution in [3.05, 3.63) is 35.9 Å². The summed E-state index contributed by atoms with van der Waals surface area (Å²) < 4.78 is 0. The van der Waals surface area contributed by atoms with Crippen LogP contribution in [0.1, 0.15) is 12.0 Å². The van der Waals surface area contributed by atoms with Gasteiger partial charge in [-0.3, -0.25) is 9.69 Å². The Balaban J connectivity index is 1.69. The minimum atomic E-state index is 0.258. The van der Waals surface area contributed by atoms with Gasteiger partial charge in [0.25, 0.3) is 0 Å². The van der Waals surface area contributed by atoms with Crippen molar-refractivity contribution in [2.75, 3.05) is 53.4 Å². The molecule has 1 saturated heterocycles. The van der Waals surface area contributed by atoms with Crippen molar-refractivity contribution in [1.82, 2.24) is 14.7 Å². The van der Waals surface area contributed by atoms with Crippen LogP contribution < -0.4 is 0 Å². The molecule has 0 radical (unpaired) electrons. The van der Waals surface area contributed by atoms with Crippen LogP contribution in [0.4, 0.5) is 0 Å². The summed E-state index contributed by atoms with van der Waals surface area (Å²) in [6, 6.07) is 10.0. The molecule has 0 aromatic heterocycles. The Bertz CT molecular complexity index is 425. The van der Waals surface area contributed by atoms with E-state index in [2.05, 4.69) is 23.9 Å². The van der Waals surface area contributed by atoms with E-state index in [1.807, 2.05) is 35.2 Å². The monoisotopic (exact) mass is 289 g/mol. The number of hydrogen-bond acceptors (Lipinski definition) is 3. The molecule has 0 spiro atoms. The molecule has 116 valence electrons. The third-order valence-corrected chi connectivity index (χ3v) is 4.00. The van der Waals surface area contributed by atoms with Crippen molar-refractivity contribution in [3.8, 4) is 0 Å². The topological polar surface area (TPSA) is 26.8 Å². The largest absolute Gasteiger partial charge is 0.340 e. The molecule has 1 amide bonds. The lowest BCUT2D eigenvalue weighted by molar-refractivity contribution is -0.132. The summed E-state index contributed by atoms with van der Waals surface area (Å²) >= 11 is 0. The van der Waals surface area contributed by atoms with Crippen LogP contribution in [0.3, 0.4) is 0 Å². The van der Waals surface area contributed by atoms with Crippen molar-refractivity contribution in [1.29, 1.82) is 0 Å². The minimum Gasteiger partial charge on any atom is -0.340 e. The third-order valence-electron chi connectivity index (χ3n) is 4.00. The number of carbonyl (C=O) groups excluding carboxylic acids is 1. The Morgan fingerprint density at radius 3 is 2.38 bits per heavy atom. The first kappa shape index (κ1) is 16.0. The molecule has 1 aliphatic heterocycles. The van der Waals surface area contributed by atoms with Crippen LogP contribution >= 0.6 is 0 Å². The molecule has 0 bridgehead atoms. The lowest BCUT2D eigenvalue weighted by Gasteiger charge is -2.35. The van der Waals surface area contributed by atoms with E-state index in [0.717, 1.165) is 44.8 Å². The molecule has 1 aromatic carbocycles. The third kappa shape index (κ3) is 5.48. The van der Waals surface area contributed by atoms with E-state index >= 15 is 0 Å². The van der Waals surface area contributed by atoms with E-state index in [4.69, 9.17) is 0 Å². The molecule has 1 aliphatic rings. The van der Waals surface area contributed by atoms with Gasteiger partial charge in [-0.05, 0) is 39.2 Å². The summed E-state index contributed by atoms with van der Waals surface area (Å²) in [5, 5.41) is 0. The van der Waals surface area contributed by atoms with Crippen LogP contribution in [0.2, 0.25) is 0 Å². The Kier molecular flexibility index (Phi) is 6.21. The summed E-state index contributed by atoms with van der Waals surface area (Å²) in [6.07, 6.45) is 1.73. The first-order valence-electron chi connectivity index (χ1n) is 7.84. The van der Waals surface area contributed by atoms with Crippen LogP contribution in [0.25, 0.3) is 0 Å². The fourth-order valence-corrected chi connectivity index (χ4v) is 2.71. The van der Waals surface area contributed by atoms with Gasteiger partial charge in [-0.25, -0.2) is 0 Å². The number of rotatable bonds is 6. The second-order valence-corrected chi connectivity index (χ2v) is 6.04. The normalized spacial score (nSPS) is 16.4. The fourth-order valence-electron chi connectivity index (χ4n) is 2.71. The minimum absolute atomic E-state index is 0.258. The molecule has 2 rings (SSSR count). The van der Waals surface area contributed by atoms with Crippen LogP contribution in [0.15, 0.2) is 30.3 Å². The number of carbonyl (C=O) groups is 1. The second kappa shape index (κ2) is 8.15. The van der Waals surface area contributed by atoms with Crippen molar-refractivity contribution in [3.63, 3.8) is 0 Å². The Hall–Kier alpha value is -1.39. The zero-order valence-electron chi connectivity index (χ0n) is 13.3. The molecule has 1 heterocycles. The van der Waals surface area contributed by atoms with E-state index in [-0.39, 0.29) is 5.91 Å². The van der Waals surface area contributed by atoms with Gasteiger partial charge in [-0.2, -0.15) is 0 Å². The highest BCUT2D eigenvalue weighted by Gasteiger charge is 2.20. The van der Waals surface area contributed by atoms with Gasteiger partial charge in [-0.1, -0.05) is 30.3 Å². The maximum atomic E-state index is 12.3. The predicted molar refractivity (Wildman–Crippen MR) is 86.3 cm³/mol. The van der Waals surface area contributed by atoms with Crippen LogP contribution in [-0.2, 0) is 11.2 Å². The number of piperazine rings is 1. The lowest BCUT2D eigenvalue weighted by atomic mass is 10.1. The SMILES string of the molecule is CN(C)CCCN1CCN(C(=O)Cc2ccccc2)CC1. The zero-order chi connectivity index (χ0) is 15.1. The molecule has 0 N–H and O–H groups in total. The first-order valence-corrected chi connectivity index (χ1v) is 7.84. The summed E-state index contributed by atoms with van der Waals surface area (Å²) in [6.45, 7) is 6.02. The van der Waals surface area contributed by atoms with Crippen LogP contribution in [0.5, 0.6) is 0 Å². The Morgan fingerprint density at radius 2 is 1.76 bits per heavy atom. The van der Waals surface area contributed by atoms with Crippen LogP contribution in [0, 0.1) is 0 Å². The lowest BCUT2D eigenvalue weighted by Crippen LogP contribution is -2.49. The molecule has 4 heteroatoms. The summed E-state index contributed by atoms with van der Waals surface area (Å²) in [7, 11) is 4.22. The zero-order valence-corrected chi connectivity index (χ0v) is 13.3. The van der Waals surface area contributed by atoms with Gasteiger partial charge in [-0.15, -0.1) is 0 Å². The van der Waals surface area contributed by atoms with Gasteiger partial charge in [0.05, 0.1) is 6.42 Å². The van der Waals surface area contributed by atoms with Crippen LogP contribution in [-0.4, -0.2) is 74.0 Å². The number of amides is 1. The second-order valence-electron chi connectivity index (χ2n) is 6.04. The molecule has 0 aliphatic carbocycles. The Labute approximate surface area is 128 Å². The maximum absolute atomic E-state index is 12.3. The first-order chi connectivity index (χ1) is 10.1. The highest BCUT2D eigenvalue weighted by Crippen LogP contribution is 2.07. The van der Waals surface area contributed by atoms with Gasteiger partial charge in [0, 0.05) is 26.2 Å². The van der Waals surface area contributed by atoms with Gasteiger partial charge in [0.15, 0.2) is 0 Å². The molecular weight excluding hydrogens is 262 g/mol.